The van der Waals surface area contributed by atoms with Crippen LogP contribution in [-0.4, -0.2) is 53.6 Å². The van der Waals surface area contributed by atoms with E-state index in [9.17, 15) is 9.59 Å². The number of carbonyl (C=O) groups excluding carboxylic acids is 1. The molecule has 0 fully saturated rings. The van der Waals surface area contributed by atoms with Crippen LogP contribution in [0.1, 0.15) is 27.7 Å². The van der Waals surface area contributed by atoms with Gasteiger partial charge in [-0.3, -0.25) is 4.79 Å². The molecule has 5 nitrogen and oxygen atoms in total. The Morgan fingerprint density at radius 2 is 1.75 bits per heavy atom. The molecule has 16 heavy (non-hydrogen) atoms. The van der Waals surface area contributed by atoms with Gasteiger partial charge < -0.3 is 14.9 Å². The summed E-state index contributed by atoms with van der Waals surface area (Å²) >= 11 is 0. The van der Waals surface area contributed by atoms with E-state index in [1.165, 1.54) is 4.90 Å². The van der Waals surface area contributed by atoms with Gasteiger partial charge in [-0.1, -0.05) is 20.8 Å². The fraction of sp³-hybridized carbons (Fsp3) is 0.818. The highest BCUT2D eigenvalue weighted by molar-refractivity contribution is 5.80. The van der Waals surface area contributed by atoms with Crippen LogP contribution in [0, 0.1) is 5.41 Å². The molecule has 0 aromatic heterocycles. The van der Waals surface area contributed by atoms with Gasteiger partial charge in [0.2, 0.25) is 0 Å². The minimum absolute atomic E-state index is 0.00699. The first kappa shape index (κ1) is 14.7. The lowest BCUT2D eigenvalue weighted by molar-refractivity contribution is -0.137. The van der Waals surface area contributed by atoms with E-state index in [2.05, 4.69) is 0 Å². The van der Waals surface area contributed by atoms with E-state index >= 15 is 0 Å². The zero-order chi connectivity index (χ0) is 12.9. The maximum absolute atomic E-state index is 11.9. The molecule has 0 saturated carbocycles. The molecular formula is C11H22N2O3. The Morgan fingerprint density at radius 1 is 1.25 bits per heavy atom. The van der Waals surface area contributed by atoms with Gasteiger partial charge in [-0.2, -0.15) is 0 Å². The molecule has 0 unspecified atom stereocenters. The van der Waals surface area contributed by atoms with Crippen molar-refractivity contribution in [2.75, 3.05) is 26.7 Å². The molecule has 0 atom stereocenters. The van der Waals surface area contributed by atoms with Crippen LogP contribution in [0.15, 0.2) is 0 Å². The molecule has 0 aromatic rings. The Kier molecular flexibility index (Phi) is 5.27. The minimum Gasteiger partial charge on any atom is -0.480 e. The van der Waals surface area contributed by atoms with Crippen molar-refractivity contribution in [3.63, 3.8) is 0 Å². The Hall–Kier alpha value is -1.26. The third-order valence-corrected chi connectivity index (χ3v) is 2.02. The number of carbonyl (C=O) groups is 2. The Labute approximate surface area is 97.0 Å². The molecule has 0 aliphatic rings. The van der Waals surface area contributed by atoms with Gasteiger partial charge in [0.1, 0.15) is 6.54 Å². The molecule has 0 aliphatic carbocycles. The van der Waals surface area contributed by atoms with E-state index in [1.54, 1.807) is 18.9 Å². The maximum Gasteiger partial charge on any atom is 0.323 e. The van der Waals surface area contributed by atoms with Gasteiger partial charge in [-0.25, -0.2) is 4.79 Å². The van der Waals surface area contributed by atoms with Crippen LogP contribution >= 0.6 is 0 Å². The van der Waals surface area contributed by atoms with Gasteiger partial charge in [-0.15, -0.1) is 0 Å². The molecule has 0 spiro atoms. The fourth-order valence-corrected chi connectivity index (χ4v) is 1.50. The summed E-state index contributed by atoms with van der Waals surface area (Å²) in [4.78, 5) is 25.3. The summed E-state index contributed by atoms with van der Waals surface area (Å²) in [5, 5.41) is 8.67. The number of hydrogen-bond donors (Lipinski definition) is 1. The Bertz CT molecular complexity index is 258. The molecule has 2 amide bonds. The highest BCUT2D eigenvalue weighted by Gasteiger charge is 2.22. The molecule has 0 aliphatic heterocycles. The lowest BCUT2D eigenvalue weighted by Crippen LogP contribution is -2.46. The number of urea groups is 1. The van der Waals surface area contributed by atoms with E-state index in [0.29, 0.717) is 13.1 Å². The van der Waals surface area contributed by atoms with Gasteiger partial charge in [0.15, 0.2) is 0 Å². The third-order valence-electron chi connectivity index (χ3n) is 2.02. The molecular weight excluding hydrogens is 208 g/mol. The first-order valence-electron chi connectivity index (χ1n) is 5.39. The Balaban J connectivity index is 4.44. The standard InChI is InChI=1S/C11H22N2O3/c1-6-13(7-9(14)15)10(16)12(5)8-11(2,3)4/h6-8H2,1-5H3,(H,14,15). The van der Waals surface area contributed by atoms with Crippen molar-refractivity contribution in [2.45, 2.75) is 27.7 Å². The summed E-state index contributed by atoms with van der Waals surface area (Å²) in [7, 11) is 1.69. The largest absolute Gasteiger partial charge is 0.480 e. The lowest BCUT2D eigenvalue weighted by Gasteiger charge is -2.30. The summed E-state index contributed by atoms with van der Waals surface area (Å²) in [6.45, 7) is 8.62. The second-order valence-electron chi connectivity index (χ2n) is 5.11. The number of carboxylic acids is 1. The number of aliphatic carboxylic acids is 1. The lowest BCUT2D eigenvalue weighted by atomic mass is 9.96. The van der Waals surface area contributed by atoms with E-state index in [4.69, 9.17) is 5.11 Å². The summed E-state index contributed by atoms with van der Waals surface area (Å²) in [5.41, 5.74) is 0.00699. The molecule has 0 heterocycles. The van der Waals surface area contributed by atoms with Crippen LogP contribution in [0.4, 0.5) is 4.79 Å². The quantitative estimate of drug-likeness (QED) is 0.796. The van der Waals surface area contributed by atoms with Gasteiger partial charge in [-0.05, 0) is 12.3 Å². The van der Waals surface area contributed by atoms with Crippen molar-refractivity contribution in [3.8, 4) is 0 Å². The highest BCUT2D eigenvalue weighted by atomic mass is 16.4. The summed E-state index contributed by atoms with van der Waals surface area (Å²) in [6, 6.07) is -0.236. The molecule has 0 rings (SSSR count). The van der Waals surface area contributed by atoms with E-state index < -0.39 is 5.97 Å². The van der Waals surface area contributed by atoms with Crippen molar-refractivity contribution in [1.82, 2.24) is 9.80 Å². The smallest absolute Gasteiger partial charge is 0.323 e. The van der Waals surface area contributed by atoms with Crippen molar-refractivity contribution in [1.29, 1.82) is 0 Å². The highest BCUT2D eigenvalue weighted by Crippen LogP contribution is 2.15. The van der Waals surface area contributed by atoms with E-state index in [1.807, 2.05) is 20.8 Å². The number of likely N-dealkylation sites (N-methyl/N-ethyl adjacent to an activating group) is 1. The molecule has 0 saturated heterocycles. The number of rotatable bonds is 4. The molecule has 0 bridgehead atoms. The monoisotopic (exact) mass is 230 g/mol. The molecule has 5 heteroatoms. The van der Waals surface area contributed by atoms with Crippen molar-refractivity contribution in [3.05, 3.63) is 0 Å². The van der Waals surface area contributed by atoms with Crippen LogP contribution in [0.25, 0.3) is 0 Å². The fourth-order valence-electron chi connectivity index (χ4n) is 1.50. The second kappa shape index (κ2) is 5.72. The SMILES string of the molecule is CCN(CC(=O)O)C(=O)N(C)CC(C)(C)C. The van der Waals surface area contributed by atoms with Crippen molar-refractivity contribution < 1.29 is 14.7 Å². The van der Waals surface area contributed by atoms with Crippen LogP contribution < -0.4 is 0 Å². The van der Waals surface area contributed by atoms with Crippen molar-refractivity contribution >= 4 is 12.0 Å². The average molecular weight is 230 g/mol. The molecule has 0 radical (unpaired) electrons. The minimum atomic E-state index is -0.987. The normalized spacial score (nSPS) is 11.1. The summed E-state index contributed by atoms with van der Waals surface area (Å²) in [5.74, 6) is -0.987. The zero-order valence-electron chi connectivity index (χ0n) is 10.8. The molecule has 94 valence electrons. The number of carboxylic acid groups (broad SMARTS) is 1. The average Bonchev–Trinajstić information content (AvgIpc) is 2.09. The van der Waals surface area contributed by atoms with Crippen LogP contribution in [-0.2, 0) is 4.79 Å². The van der Waals surface area contributed by atoms with Gasteiger partial charge in [0.05, 0.1) is 0 Å². The predicted octanol–water partition coefficient (Wildman–Crippen LogP) is 1.49. The topological polar surface area (TPSA) is 60.9 Å². The summed E-state index contributed by atoms with van der Waals surface area (Å²) in [6.07, 6.45) is 0. The van der Waals surface area contributed by atoms with E-state index in [0.717, 1.165) is 0 Å². The van der Waals surface area contributed by atoms with Gasteiger partial charge >= 0.3 is 12.0 Å². The predicted molar refractivity (Wildman–Crippen MR) is 62.4 cm³/mol. The van der Waals surface area contributed by atoms with E-state index in [-0.39, 0.29) is 18.0 Å². The zero-order valence-corrected chi connectivity index (χ0v) is 10.8. The number of amides is 2. The maximum atomic E-state index is 11.9. The Morgan fingerprint density at radius 3 is 2.06 bits per heavy atom. The third kappa shape index (κ3) is 5.58. The van der Waals surface area contributed by atoms with Crippen LogP contribution in [0.5, 0.6) is 0 Å². The van der Waals surface area contributed by atoms with Gasteiger partial charge in [0.25, 0.3) is 0 Å². The summed E-state index contributed by atoms with van der Waals surface area (Å²) < 4.78 is 0. The van der Waals surface area contributed by atoms with Crippen LogP contribution in [0.3, 0.4) is 0 Å². The first-order chi connectivity index (χ1) is 7.17. The van der Waals surface area contributed by atoms with Gasteiger partial charge in [0, 0.05) is 20.1 Å². The number of hydrogen-bond acceptors (Lipinski definition) is 2. The second-order valence-corrected chi connectivity index (χ2v) is 5.11. The molecule has 0 aromatic carbocycles. The first-order valence-corrected chi connectivity index (χ1v) is 5.39. The van der Waals surface area contributed by atoms with Crippen molar-refractivity contribution in [2.24, 2.45) is 5.41 Å². The molecule has 1 N–H and O–H groups in total. The number of nitrogens with zero attached hydrogens (tertiary/aromatic N) is 2. The van der Waals surface area contributed by atoms with Crippen LogP contribution in [0.2, 0.25) is 0 Å².